The molecule has 1 atom stereocenters. The molecule has 1 aliphatic heterocycles. The molecule has 1 saturated heterocycles. The minimum absolute atomic E-state index is 0.0306. The molecule has 27 heavy (non-hydrogen) atoms. The van der Waals surface area contributed by atoms with E-state index in [9.17, 15) is 17.6 Å². The maximum Gasteiger partial charge on any atom is 0.253 e. The summed E-state index contributed by atoms with van der Waals surface area (Å²) in [5.74, 6) is -0.645. The number of rotatable bonds is 6. The lowest BCUT2D eigenvalue weighted by molar-refractivity contribution is -0.129. The molecular weight excluding hydrogens is 371 g/mol. The lowest BCUT2D eigenvalue weighted by atomic mass is 10.2. The number of nitrogens with zero attached hydrogens (tertiary/aromatic N) is 1. The van der Waals surface area contributed by atoms with Crippen LogP contribution >= 0.6 is 0 Å². The van der Waals surface area contributed by atoms with Gasteiger partial charge in [0.05, 0.1) is 17.5 Å². The molecule has 6 nitrogen and oxygen atoms in total. The van der Waals surface area contributed by atoms with Crippen LogP contribution in [0, 0.1) is 5.82 Å². The molecule has 1 unspecified atom stereocenters. The summed E-state index contributed by atoms with van der Waals surface area (Å²) >= 11 is 0. The van der Waals surface area contributed by atoms with E-state index < -0.39 is 21.9 Å². The Bertz CT molecular complexity index is 898. The van der Waals surface area contributed by atoms with Crippen molar-refractivity contribution in [3.8, 4) is 0 Å². The highest BCUT2D eigenvalue weighted by Crippen LogP contribution is 2.19. The van der Waals surface area contributed by atoms with E-state index in [2.05, 4.69) is 4.72 Å². The summed E-state index contributed by atoms with van der Waals surface area (Å²) in [7, 11) is -3.67. The van der Waals surface area contributed by atoms with E-state index >= 15 is 0 Å². The fraction of sp³-hybridized carbons (Fsp3) is 0.316. The molecule has 1 fully saturated rings. The molecule has 1 N–H and O–H groups in total. The molecule has 3 rings (SSSR count). The third kappa shape index (κ3) is 4.71. The summed E-state index contributed by atoms with van der Waals surface area (Å²) in [6, 6.07) is 12.3. The number of halogens is 1. The van der Waals surface area contributed by atoms with Crippen LogP contribution in [-0.4, -0.2) is 40.1 Å². The number of benzene rings is 2. The van der Waals surface area contributed by atoms with Crippen LogP contribution in [0.5, 0.6) is 0 Å². The van der Waals surface area contributed by atoms with Crippen molar-refractivity contribution in [1.29, 1.82) is 0 Å². The van der Waals surface area contributed by atoms with Crippen LogP contribution in [0.1, 0.15) is 12.5 Å². The van der Waals surface area contributed by atoms with Gasteiger partial charge in [-0.05, 0) is 48.4 Å². The number of carbonyl (C=O) groups is 1. The lowest BCUT2D eigenvalue weighted by Crippen LogP contribution is -2.50. The minimum atomic E-state index is -3.67. The summed E-state index contributed by atoms with van der Waals surface area (Å²) in [5.41, 5.74) is 1.60. The maximum atomic E-state index is 13.1. The molecule has 1 amide bonds. The number of nitrogens with one attached hydrogen (secondary N) is 1. The van der Waals surface area contributed by atoms with Crippen molar-refractivity contribution in [1.82, 2.24) is 4.72 Å². The Balaban J connectivity index is 1.64. The van der Waals surface area contributed by atoms with Gasteiger partial charge in [-0.1, -0.05) is 19.1 Å². The quantitative estimate of drug-likeness (QED) is 0.817. The first kappa shape index (κ1) is 19.5. The zero-order valence-electron chi connectivity index (χ0n) is 14.9. The molecule has 0 saturated carbocycles. The second-order valence-electron chi connectivity index (χ2n) is 6.26. The minimum Gasteiger partial charge on any atom is -0.365 e. The maximum absolute atomic E-state index is 13.1. The number of hydrogen-bond acceptors (Lipinski definition) is 4. The highest BCUT2D eigenvalue weighted by atomic mass is 32.2. The van der Waals surface area contributed by atoms with Gasteiger partial charge in [-0.3, -0.25) is 4.79 Å². The summed E-state index contributed by atoms with van der Waals surface area (Å²) < 4.78 is 45.9. The molecular formula is C19H21FN2O4S. The first-order valence-electron chi connectivity index (χ1n) is 8.65. The normalized spacial score (nSPS) is 17.9. The standard InChI is InChI=1S/C19H21FN2O4S/c1-2-14-3-9-18(10-4-14)27(24,25)21-11-17-12-22(19(23)13-26-17)16-7-5-15(20)6-8-16/h3-10,17,21H,2,11-13H2,1H3. The zero-order valence-corrected chi connectivity index (χ0v) is 15.7. The van der Waals surface area contributed by atoms with Crippen LogP contribution in [0.15, 0.2) is 53.4 Å². The summed E-state index contributed by atoms with van der Waals surface area (Å²) in [6.07, 6.45) is 0.328. The van der Waals surface area contributed by atoms with Gasteiger partial charge in [0.1, 0.15) is 12.4 Å². The molecule has 8 heteroatoms. The van der Waals surface area contributed by atoms with Crippen molar-refractivity contribution in [2.45, 2.75) is 24.3 Å². The van der Waals surface area contributed by atoms with Crippen LogP contribution in [0.4, 0.5) is 10.1 Å². The monoisotopic (exact) mass is 392 g/mol. The highest BCUT2D eigenvalue weighted by molar-refractivity contribution is 7.89. The van der Waals surface area contributed by atoms with E-state index in [1.54, 1.807) is 24.3 Å². The van der Waals surface area contributed by atoms with Gasteiger partial charge < -0.3 is 9.64 Å². The number of sulfonamides is 1. The van der Waals surface area contributed by atoms with E-state index in [0.29, 0.717) is 5.69 Å². The number of morpholine rings is 1. The van der Waals surface area contributed by atoms with Crippen molar-refractivity contribution in [2.75, 3.05) is 24.6 Å². The predicted octanol–water partition coefficient (Wildman–Crippen LogP) is 2.10. The van der Waals surface area contributed by atoms with Crippen LogP contribution < -0.4 is 9.62 Å². The van der Waals surface area contributed by atoms with Crippen LogP contribution in [0.3, 0.4) is 0 Å². The largest absolute Gasteiger partial charge is 0.365 e. The van der Waals surface area contributed by atoms with E-state index in [0.717, 1.165) is 12.0 Å². The Morgan fingerprint density at radius 1 is 1.15 bits per heavy atom. The first-order chi connectivity index (χ1) is 12.9. The molecule has 0 radical (unpaired) electrons. The summed E-state index contributed by atoms with van der Waals surface area (Å²) in [6.45, 7) is 2.05. The van der Waals surface area contributed by atoms with Gasteiger partial charge in [0.25, 0.3) is 5.91 Å². The van der Waals surface area contributed by atoms with Gasteiger partial charge in [-0.2, -0.15) is 0 Å². The SMILES string of the molecule is CCc1ccc(S(=O)(=O)NCC2CN(c3ccc(F)cc3)C(=O)CO2)cc1. The van der Waals surface area contributed by atoms with Gasteiger partial charge >= 0.3 is 0 Å². The van der Waals surface area contributed by atoms with Crippen molar-refractivity contribution in [3.63, 3.8) is 0 Å². The summed E-state index contributed by atoms with van der Waals surface area (Å²) in [5, 5.41) is 0. The number of aryl methyl sites for hydroxylation is 1. The molecule has 1 aliphatic rings. The molecule has 2 aromatic carbocycles. The Hall–Kier alpha value is -2.29. The number of anilines is 1. The molecule has 144 valence electrons. The molecule has 0 aliphatic carbocycles. The van der Waals surface area contributed by atoms with Gasteiger partial charge in [-0.15, -0.1) is 0 Å². The third-order valence-electron chi connectivity index (χ3n) is 4.41. The van der Waals surface area contributed by atoms with Gasteiger partial charge in [0, 0.05) is 12.2 Å². The Morgan fingerprint density at radius 3 is 2.44 bits per heavy atom. The molecule has 2 aromatic rings. The number of ether oxygens (including phenoxy) is 1. The zero-order chi connectivity index (χ0) is 19.4. The number of amides is 1. The van der Waals surface area contributed by atoms with Crippen LogP contribution in [0.2, 0.25) is 0 Å². The molecule has 0 aromatic heterocycles. The topological polar surface area (TPSA) is 75.7 Å². The van der Waals surface area contributed by atoms with Crippen molar-refractivity contribution in [2.24, 2.45) is 0 Å². The second-order valence-corrected chi connectivity index (χ2v) is 8.03. The Kier molecular flexibility index (Phi) is 5.88. The smallest absolute Gasteiger partial charge is 0.253 e. The lowest BCUT2D eigenvalue weighted by Gasteiger charge is -2.32. The fourth-order valence-corrected chi connectivity index (χ4v) is 3.88. The van der Waals surface area contributed by atoms with E-state index in [4.69, 9.17) is 4.74 Å². The Labute approximate surface area is 158 Å². The molecule has 0 spiro atoms. The number of carbonyl (C=O) groups excluding carboxylic acids is 1. The van der Waals surface area contributed by atoms with Crippen molar-refractivity contribution >= 4 is 21.6 Å². The average Bonchev–Trinajstić information content (AvgIpc) is 2.68. The van der Waals surface area contributed by atoms with E-state index in [1.165, 1.54) is 29.2 Å². The van der Waals surface area contributed by atoms with Crippen LogP contribution in [-0.2, 0) is 26.0 Å². The predicted molar refractivity (Wildman–Crippen MR) is 99.5 cm³/mol. The highest BCUT2D eigenvalue weighted by Gasteiger charge is 2.28. The van der Waals surface area contributed by atoms with Crippen LogP contribution in [0.25, 0.3) is 0 Å². The average molecular weight is 392 g/mol. The fourth-order valence-electron chi connectivity index (χ4n) is 2.81. The Morgan fingerprint density at radius 2 is 1.81 bits per heavy atom. The van der Waals surface area contributed by atoms with Gasteiger partial charge in [0.2, 0.25) is 10.0 Å². The molecule has 1 heterocycles. The first-order valence-corrected chi connectivity index (χ1v) is 10.1. The van der Waals surface area contributed by atoms with Crippen molar-refractivity contribution in [3.05, 3.63) is 59.9 Å². The van der Waals surface area contributed by atoms with E-state index in [1.807, 2.05) is 6.92 Å². The second kappa shape index (κ2) is 8.16. The van der Waals surface area contributed by atoms with E-state index in [-0.39, 0.29) is 30.5 Å². The van der Waals surface area contributed by atoms with Crippen molar-refractivity contribution < 1.29 is 22.3 Å². The summed E-state index contributed by atoms with van der Waals surface area (Å²) in [4.78, 5) is 13.7. The number of hydrogen-bond donors (Lipinski definition) is 1. The van der Waals surface area contributed by atoms with Gasteiger partial charge in [0.15, 0.2) is 0 Å². The molecule has 0 bridgehead atoms. The van der Waals surface area contributed by atoms with Gasteiger partial charge in [-0.25, -0.2) is 17.5 Å². The third-order valence-corrected chi connectivity index (χ3v) is 5.85.